The largest absolute Gasteiger partial charge is 0.480 e. The highest BCUT2D eigenvalue weighted by molar-refractivity contribution is 6.34. The summed E-state index contributed by atoms with van der Waals surface area (Å²) >= 11 is 12.7. The van der Waals surface area contributed by atoms with E-state index in [-0.39, 0.29) is 16.6 Å². The topological polar surface area (TPSA) is 78.4 Å². The average Bonchev–Trinajstić information content (AvgIpc) is 2.76. The lowest BCUT2D eigenvalue weighted by molar-refractivity contribution is -0.138. The van der Waals surface area contributed by atoms with Crippen molar-refractivity contribution in [2.75, 3.05) is 5.32 Å². The van der Waals surface area contributed by atoms with Crippen LogP contribution in [0.1, 0.15) is 46.9 Å². The maximum Gasteiger partial charge on any atom is 0.325 e. The second-order valence-corrected chi connectivity index (χ2v) is 8.93. The van der Waals surface area contributed by atoms with Gasteiger partial charge in [0.1, 0.15) is 6.04 Å². The van der Waals surface area contributed by atoms with Gasteiger partial charge in [-0.15, -0.1) is 0 Å². The van der Waals surface area contributed by atoms with Crippen molar-refractivity contribution in [3.63, 3.8) is 0 Å². The molecule has 3 aromatic rings. The van der Waals surface area contributed by atoms with E-state index in [0.717, 1.165) is 38.5 Å². The molecule has 0 aromatic heterocycles. The zero-order chi connectivity index (χ0) is 24.3. The summed E-state index contributed by atoms with van der Waals surface area (Å²) in [5, 5.41) is 16.0. The van der Waals surface area contributed by atoms with E-state index >= 15 is 0 Å². The van der Waals surface area contributed by atoms with Crippen LogP contribution in [-0.4, -0.2) is 23.0 Å². The second-order valence-electron chi connectivity index (χ2n) is 8.14. The summed E-state index contributed by atoms with van der Waals surface area (Å²) in [7, 11) is 0. The van der Waals surface area contributed by atoms with Gasteiger partial charge in [-0.1, -0.05) is 53.5 Å². The molecular formula is C26H26Cl2N2O3. The summed E-state index contributed by atoms with van der Waals surface area (Å²) in [6.45, 7) is 7.50. The molecule has 5 nitrogen and oxygen atoms in total. The average molecular weight is 485 g/mol. The van der Waals surface area contributed by atoms with Crippen LogP contribution in [0.3, 0.4) is 0 Å². The van der Waals surface area contributed by atoms with Gasteiger partial charge in [0.25, 0.3) is 5.91 Å². The van der Waals surface area contributed by atoms with Crippen LogP contribution in [0.15, 0.2) is 54.6 Å². The van der Waals surface area contributed by atoms with Crippen LogP contribution < -0.4 is 10.6 Å². The molecule has 0 radical (unpaired) electrons. The van der Waals surface area contributed by atoms with Gasteiger partial charge in [-0.25, -0.2) is 0 Å². The Morgan fingerprint density at radius 1 is 0.909 bits per heavy atom. The van der Waals surface area contributed by atoms with Crippen LogP contribution in [0.4, 0.5) is 5.69 Å². The number of aryl methyl sites for hydroxylation is 2. The summed E-state index contributed by atoms with van der Waals surface area (Å²) in [4.78, 5) is 23.3. The van der Waals surface area contributed by atoms with E-state index < -0.39 is 17.9 Å². The van der Waals surface area contributed by atoms with Gasteiger partial charge in [-0.2, -0.15) is 0 Å². The Morgan fingerprint density at radius 3 is 2.15 bits per heavy atom. The van der Waals surface area contributed by atoms with E-state index in [9.17, 15) is 9.59 Å². The van der Waals surface area contributed by atoms with Gasteiger partial charge >= 0.3 is 5.97 Å². The van der Waals surface area contributed by atoms with E-state index in [2.05, 4.69) is 29.7 Å². The first kappa shape index (κ1) is 24.6. The highest BCUT2D eigenvalue weighted by atomic mass is 35.5. The molecule has 172 valence electrons. The quantitative estimate of drug-likeness (QED) is 0.350. The molecule has 2 atom stereocenters. The lowest BCUT2D eigenvalue weighted by Gasteiger charge is -2.18. The highest BCUT2D eigenvalue weighted by Crippen LogP contribution is 2.30. The molecule has 3 aromatic carbocycles. The number of amides is 1. The van der Waals surface area contributed by atoms with Crippen molar-refractivity contribution in [2.24, 2.45) is 0 Å². The molecule has 7 heteroatoms. The highest BCUT2D eigenvalue weighted by Gasteiger charge is 2.18. The monoisotopic (exact) mass is 484 g/mol. The van der Waals surface area contributed by atoms with Crippen molar-refractivity contribution in [3.05, 3.63) is 86.9 Å². The number of carbonyl (C=O) groups is 2. The molecule has 0 saturated carbocycles. The first-order valence-electron chi connectivity index (χ1n) is 10.5. The van der Waals surface area contributed by atoms with Gasteiger partial charge in [0.05, 0.1) is 10.6 Å². The number of hydrogen-bond acceptors (Lipinski definition) is 3. The van der Waals surface area contributed by atoms with Crippen molar-refractivity contribution in [2.45, 2.75) is 39.8 Å². The van der Waals surface area contributed by atoms with Crippen LogP contribution in [-0.2, 0) is 4.79 Å². The van der Waals surface area contributed by atoms with Gasteiger partial charge in [-0.3, -0.25) is 9.59 Å². The third-order valence-corrected chi connectivity index (χ3v) is 6.38. The molecule has 1 amide bonds. The third kappa shape index (κ3) is 5.86. The molecule has 0 aliphatic heterocycles. The fourth-order valence-corrected chi connectivity index (χ4v) is 3.94. The van der Waals surface area contributed by atoms with Gasteiger partial charge < -0.3 is 15.7 Å². The molecular weight excluding hydrogens is 459 g/mol. The summed E-state index contributed by atoms with van der Waals surface area (Å²) in [5.41, 5.74) is 6.19. The number of rotatable bonds is 7. The molecule has 3 rings (SSSR count). The smallest absolute Gasteiger partial charge is 0.325 e. The van der Waals surface area contributed by atoms with Crippen LogP contribution in [0.25, 0.3) is 11.1 Å². The van der Waals surface area contributed by atoms with E-state index in [1.54, 1.807) is 18.2 Å². The summed E-state index contributed by atoms with van der Waals surface area (Å²) in [6, 6.07) is 16.3. The van der Waals surface area contributed by atoms with E-state index in [4.69, 9.17) is 28.3 Å². The molecule has 0 fully saturated rings. The Bertz CT molecular complexity index is 1190. The first-order chi connectivity index (χ1) is 15.6. The molecule has 0 aliphatic carbocycles. The number of hydrogen-bond donors (Lipinski definition) is 3. The Morgan fingerprint density at radius 2 is 1.55 bits per heavy atom. The first-order valence-corrected chi connectivity index (χ1v) is 11.3. The Kier molecular flexibility index (Phi) is 7.67. The molecule has 0 aliphatic rings. The molecule has 33 heavy (non-hydrogen) atoms. The Balaban J connectivity index is 1.80. The van der Waals surface area contributed by atoms with Crippen LogP contribution >= 0.6 is 23.2 Å². The second kappa shape index (κ2) is 10.3. The lowest BCUT2D eigenvalue weighted by atomic mass is 10.0. The van der Waals surface area contributed by atoms with Gasteiger partial charge in [0.15, 0.2) is 0 Å². The van der Waals surface area contributed by atoms with E-state index in [1.165, 1.54) is 6.92 Å². The minimum atomic E-state index is -1.11. The van der Waals surface area contributed by atoms with Crippen molar-refractivity contribution >= 4 is 40.8 Å². The number of benzene rings is 3. The molecule has 0 heterocycles. The predicted octanol–water partition coefficient (Wildman–Crippen LogP) is 6.65. The van der Waals surface area contributed by atoms with Crippen molar-refractivity contribution in [1.82, 2.24) is 5.32 Å². The standard InChI is InChI=1S/C26H26Cl2N2O3/c1-14-10-20(11-15(2)24(14)28)16(3)29-21-7-5-6-18(12-21)19-8-9-22(23(27)13-19)25(31)30-17(4)26(32)33/h5-13,16-17,29H,1-4H3,(H,30,31)(H,32,33). The number of halogens is 2. The van der Waals surface area contributed by atoms with Crippen molar-refractivity contribution < 1.29 is 14.7 Å². The lowest BCUT2D eigenvalue weighted by Crippen LogP contribution is -2.38. The minimum Gasteiger partial charge on any atom is -0.480 e. The Hall–Kier alpha value is -3.02. The maximum absolute atomic E-state index is 12.3. The zero-order valence-corrected chi connectivity index (χ0v) is 20.4. The Labute approximate surface area is 203 Å². The maximum atomic E-state index is 12.3. The van der Waals surface area contributed by atoms with E-state index in [0.29, 0.717) is 0 Å². The zero-order valence-electron chi connectivity index (χ0n) is 18.9. The fraction of sp³-hybridized carbons (Fsp3) is 0.231. The van der Waals surface area contributed by atoms with Gasteiger partial charge in [0, 0.05) is 16.8 Å². The summed E-state index contributed by atoms with van der Waals surface area (Å²) < 4.78 is 0. The number of carbonyl (C=O) groups excluding carboxylic acids is 1. The number of aliphatic carboxylic acids is 1. The number of anilines is 1. The van der Waals surface area contributed by atoms with Gasteiger partial charge in [0.2, 0.25) is 0 Å². The summed E-state index contributed by atoms with van der Waals surface area (Å²) in [5.74, 6) is -1.64. The number of nitrogens with one attached hydrogen (secondary N) is 2. The van der Waals surface area contributed by atoms with Crippen LogP contribution in [0.2, 0.25) is 10.0 Å². The molecule has 3 N–H and O–H groups in total. The summed E-state index contributed by atoms with van der Waals surface area (Å²) in [6.07, 6.45) is 0. The third-order valence-electron chi connectivity index (χ3n) is 5.47. The van der Waals surface area contributed by atoms with Crippen molar-refractivity contribution in [3.8, 4) is 11.1 Å². The van der Waals surface area contributed by atoms with E-state index in [1.807, 2.05) is 38.1 Å². The number of carboxylic acids is 1. The molecule has 0 spiro atoms. The number of carboxylic acid groups (broad SMARTS) is 1. The van der Waals surface area contributed by atoms with Crippen LogP contribution in [0, 0.1) is 13.8 Å². The molecule has 0 saturated heterocycles. The predicted molar refractivity (Wildman–Crippen MR) is 134 cm³/mol. The van der Waals surface area contributed by atoms with Crippen LogP contribution in [0.5, 0.6) is 0 Å². The molecule has 0 bridgehead atoms. The normalized spacial score (nSPS) is 12.7. The SMILES string of the molecule is Cc1cc(C(C)Nc2cccc(-c3ccc(C(=O)NC(C)C(=O)O)c(Cl)c3)c2)cc(C)c1Cl. The minimum absolute atomic E-state index is 0.0702. The fourth-order valence-electron chi connectivity index (χ4n) is 3.57. The van der Waals surface area contributed by atoms with Crippen molar-refractivity contribution in [1.29, 1.82) is 0 Å². The molecule has 2 unspecified atom stereocenters. The van der Waals surface area contributed by atoms with Gasteiger partial charge in [-0.05, 0) is 79.8 Å².